The maximum absolute atomic E-state index is 6.30. The average molecular weight is 204 g/mol. The molecule has 0 aromatic rings. The molecule has 0 unspecified atom stereocenters. The normalized spacial score (nSPS) is 46.7. The van der Waals surface area contributed by atoms with Crippen molar-refractivity contribution in [1.29, 1.82) is 0 Å². The maximum Gasteiger partial charge on any atom is 0.0936 e. The minimum absolute atomic E-state index is 0.0372. The van der Waals surface area contributed by atoms with Crippen molar-refractivity contribution in [2.75, 3.05) is 0 Å². The zero-order valence-corrected chi connectivity index (χ0v) is 9.75. The third kappa shape index (κ3) is 1.08. The van der Waals surface area contributed by atoms with Crippen LogP contribution >= 0.6 is 0 Å². The second kappa shape index (κ2) is 2.76. The van der Waals surface area contributed by atoms with Crippen molar-refractivity contribution in [2.45, 2.75) is 51.2 Å². The first-order valence-electron chi connectivity index (χ1n) is 6.13. The van der Waals surface area contributed by atoms with Crippen LogP contribution in [-0.4, -0.2) is 11.7 Å². The molecule has 0 aromatic carbocycles. The monoisotopic (exact) mass is 204 g/mol. The Morgan fingerprint density at radius 1 is 1.40 bits per heavy atom. The van der Waals surface area contributed by atoms with Crippen LogP contribution in [0.5, 0.6) is 0 Å². The van der Waals surface area contributed by atoms with Crippen LogP contribution in [0, 0.1) is 11.3 Å². The van der Waals surface area contributed by atoms with E-state index in [-0.39, 0.29) is 17.1 Å². The van der Waals surface area contributed by atoms with Crippen molar-refractivity contribution in [3.8, 4) is 0 Å². The topological polar surface area (TPSA) is 9.23 Å². The van der Waals surface area contributed by atoms with Gasteiger partial charge in [0.05, 0.1) is 11.7 Å². The number of ether oxygens (including phenoxy) is 1. The third-order valence-corrected chi connectivity index (χ3v) is 4.76. The molecule has 82 valence electrons. The smallest absolute Gasteiger partial charge is 0.0936 e. The predicted molar refractivity (Wildman–Crippen MR) is 61.6 cm³/mol. The molecule has 1 aliphatic carbocycles. The van der Waals surface area contributed by atoms with Gasteiger partial charge in [0.15, 0.2) is 0 Å². The molecule has 1 saturated carbocycles. The van der Waals surface area contributed by atoms with Gasteiger partial charge in [-0.2, -0.15) is 0 Å². The van der Waals surface area contributed by atoms with E-state index in [9.17, 15) is 0 Å². The molecule has 2 heterocycles. The molecule has 2 bridgehead atoms. The second-order valence-electron chi connectivity index (χ2n) is 5.90. The van der Waals surface area contributed by atoms with Crippen LogP contribution in [0.2, 0.25) is 0 Å². The standard InChI is InChI=1S/C14H20O/c1-10-11-6-4-5-8-14(11)9-7-12(15-14)13(10,2)3/h7,9,11-12H,1,4-6,8H2,2-3H3/t11-,12+,14-/m1/s1. The van der Waals surface area contributed by atoms with Gasteiger partial charge >= 0.3 is 0 Å². The van der Waals surface area contributed by atoms with E-state index in [1.165, 1.54) is 31.3 Å². The summed E-state index contributed by atoms with van der Waals surface area (Å²) in [4.78, 5) is 0. The largest absolute Gasteiger partial charge is 0.362 e. The Morgan fingerprint density at radius 2 is 2.20 bits per heavy atom. The summed E-state index contributed by atoms with van der Waals surface area (Å²) >= 11 is 0. The lowest BCUT2D eigenvalue weighted by Gasteiger charge is -2.52. The minimum Gasteiger partial charge on any atom is -0.362 e. The summed E-state index contributed by atoms with van der Waals surface area (Å²) in [5.74, 6) is 0.566. The van der Waals surface area contributed by atoms with Gasteiger partial charge < -0.3 is 4.74 Å². The van der Waals surface area contributed by atoms with Crippen LogP contribution in [0.1, 0.15) is 39.5 Å². The molecular formula is C14H20O. The van der Waals surface area contributed by atoms with Gasteiger partial charge in [-0.05, 0) is 12.8 Å². The SMILES string of the molecule is C=C1[C@H]2CCCC[C@@]23C=C[C@H](O3)C1(C)C. The molecule has 2 aliphatic heterocycles. The Morgan fingerprint density at radius 3 is 3.00 bits per heavy atom. The molecule has 3 rings (SSSR count). The van der Waals surface area contributed by atoms with E-state index in [1.54, 1.807) is 0 Å². The first-order chi connectivity index (χ1) is 7.06. The van der Waals surface area contributed by atoms with Crippen LogP contribution < -0.4 is 0 Å². The highest BCUT2D eigenvalue weighted by atomic mass is 16.5. The average Bonchev–Trinajstić information content (AvgIpc) is 2.60. The Hall–Kier alpha value is -0.560. The predicted octanol–water partition coefficient (Wildman–Crippen LogP) is 3.47. The van der Waals surface area contributed by atoms with Crippen molar-refractivity contribution in [3.05, 3.63) is 24.3 Å². The summed E-state index contributed by atoms with van der Waals surface area (Å²) in [6.45, 7) is 8.91. The molecule has 1 nitrogen and oxygen atoms in total. The highest BCUT2D eigenvalue weighted by Crippen LogP contribution is 2.56. The van der Waals surface area contributed by atoms with Gasteiger partial charge in [-0.25, -0.2) is 0 Å². The third-order valence-electron chi connectivity index (χ3n) is 4.76. The summed E-state index contributed by atoms with van der Waals surface area (Å²) in [7, 11) is 0. The lowest BCUT2D eigenvalue weighted by molar-refractivity contribution is -0.134. The molecule has 3 atom stereocenters. The molecule has 0 amide bonds. The van der Waals surface area contributed by atoms with Crippen LogP contribution in [-0.2, 0) is 4.74 Å². The van der Waals surface area contributed by atoms with E-state index in [4.69, 9.17) is 4.74 Å². The Labute approximate surface area is 92.2 Å². The lowest BCUT2D eigenvalue weighted by atomic mass is 9.64. The molecule has 0 radical (unpaired) electrons. The van der Waals surface area contributed by atoms with E-state index >= 15 is 0 Å². The number of hydrogen-bond donors (Lipinski definition) is 0. The quantitative estimate of drug-likeness (QED) is 0.549. The first kappa shape index (κ1) is 9.65. The fourth-order valence-electron chi connectivity index (χ4n) is 3.56. The molecular weight excluding hydrogens is 184 g/mol. The highest BCUT2D eigenvalue weighted by Gasteiger charge is 2.55. The zero-order chi connectivity index (χ0) is 10.7. The number of fused-ring (bicyclic) bond motifs is 1. The number of rotatable bonds is 0. The number of hydrogen-bond acceptors (Lipinski definition) is 1. The fourth-order valence-corrected chi connectivity index (χ4v) is 3.56. The van der Waals surface area contributed by atoms with E-state index in [1.807, 2.05) is 0 Å². The van der Waals surface area contributed by atoms with Crippen LogP contribution in [0.15, 0.2) is 24.3 Å². The van der Waals surface area contributed by atoms with Crippen molar-refractivity contribution in [2.24, 2.45) is 11.3 Å². The van der Waals surface area contributed by atoms with Gasteiger partial charge in [0.1, 0.15) is 0 Å². The van der Waals surface area contributed by atoms with Gasteiger partial charge in [-0.3, -0.25) is 0 Å². The molecule has 1 heteroatoms. The van der Waals surface area contributed by atoms with Crippen LogP contribution in [0.25, 0.3) is 0 Å². The molecule has 15 heavy (non-hydrogen) atoms. The van der Waals surface area contributed by atoms with E-state index in [0.29, 0.717) is 5.92 Å². The summed E-state index contributed by atoms with van der Waals surface area (Å²) < 4.78 is 6.30. The van der Waals surface area contributed by atoms with Crippen molar-refractivity contribution in [3.63, 3.8) is 0 Å². The van der Waals surface area contributed by atoms with Crippen molar-refractivity contribution in [1.82, 2.24) is 0 Å². The summed E-state index contributed by atoms with van der Waals surface area (Å²) in [6, 6.07) is 0. The van der Waals surface area contributed by atoms with Gasteiger partial charge in [0.2, 0.25) is 0 Å². The van der Waals surface area contributed by atoms with Gasteiger partial charge in [-0.1, -0.05) is 51.0 Å². The van der Waals surface area contributed by atoms with E-state index < -0.39 is 0 Å². The van der Waals surface area contributed by atoms with Gasteiger partial charge in [-0.15, -0.1) is 0 Å². The summed E-state index contributed by atoms with van der Waals surface area (Å²) in [5.41, 5.74) is 1.58. The van der Waals surface area contributed by atoms with E-state index in [2.05, 4.69) is 32.6 Å². The molecule has 3 aliphatic rings. The first-order valence-corrected chi connectivity index (χ1v) is 6.13. The molecule has 0 N–H and O–H groups in total. The summed E-state index contributed by atoms with van der Waals surface area (Å²) in [5, 5.41) is 0. The van der Waals surface area contributed by atoms with Crippen molar-refractivity contribution < 1.29 is 4.74 Å². The molecule has 0 aromatic heterocycles. The van der Waals surface area contributed by atoms with Crippen LogP contribution in [0.4, 0.5) is 0 Å². The highest BCUT2D eigenvalue weighted by molar-refractivity contribution is 5.34. The van der Waals surface area contributed by atoms with Gasteiger partial charge in [0, 0.05) is 11.3 Å². The lowest BCUT2D eigenvalue weighted by Crippen LogP contribution is -2.51. The Bertz CT molecular complexity index is 339. The maximum atomic E-state index is 6.30. The van der Waals surface area contributed by atoms with Crippen LogP contribution in [0.3, 0.4) is 0 Å². The summed E-state index contributed by atoms with van der Waals surface area (Å²) in [6.07, 6.45) is 9.97. The van der Waals surface area contributed by atoms with Crippen molar-refractivity contribution >= 4 is 0 Å². The molecule has 1 spiro atoms. The minimum atomic E-state index is 0.0372. The second-order valence-corrected chi connectivity index (χ2v) is 5.90. The molecule has 1 saturated heterocycles. The van der Waals surface area contributed by atoms with E-state index in [0.717, 1.165) is 0 Å². The molecule has 2 fully saturated rings. The van der Waals surface area contributed by atoms with Gasteiger partial charge in [0.25, 0.3) is 0 Å². The Balaban J connectivity index is 2.05. The fraction of sp³-hybridized carbons (Fsp3) is 0.714. The zero-order valence-electron chi connectivity index (χ0n) is 9.75. The Kier molecular flexibility index (Phi) is 1.78.